The number of likely N-dealkylation sites (N-methyl/N-ethyl adjacent to an activating group) is 1. The van der Waals surface area contributed by atoms with E-state index in [9.17, 15) is 4.79 Å². The van der Waals surface area contributed by atoms with Gasteiger partial charge in [-0.15, -0.1) is 23.7 Å². The molecule has 0 aliphatic carbocycles. The van der Waals surface area contributed by atoms with E-state index in [1.54, 1.807) is 25.4 Å². The van der Waals surface area contributed by atoms with Crippen molar-refractivity contribution in [3.8, 4) is 10.8 Å². The second-order valence-electron chi connectivity index (χ2n) is 6.99. The number of rotatable bonds is 5. The Morgan fingerprint density at radius 2 is 2.11 bits per heavy atom. The van der Waals surface area contributed by atoms with E-state index in [1.165, 1.54) is 16.0 Å². The highest BCUT2D eigenvalue weighted by molar-refractivity contribution is 7.12. The topological polar surface area (TPSA) is 42.0 Å². The van der Waals surface area contributed by atoms with Crippen LogP contribution in [0.25, 0.3) is 6.08 Å². The molecule has 1 aliphatic rings. The van der Waals surface area contributed by atoms with E-state index in [0.29, 0.717) is 12.4 Å². The molecule has 152 valence electrons. The van der Waals surface area contributed by atoms with Crippen molar-refractivity contribution in [1.82, 2.24) is 9.80 Å². The van der Waals surface area contributed by atoms with Crippen LogP contribution >= 0.6 is 23.7 Å². The monoisotopic (exact) mass is 422 g/mol. The van der Waals surface area contributed by atoms with E-state index in [1.807, 2.05) is 12.1 Å². The Bertz CT molecular complexity index is 835. The summed E-state index contributed by atoms with van der Waals surface area (Å²) in [5.41, 5.74) is 3.54. The van der Waals surface area contributed by atoms with Crippen LogP contribution in [-0.4, -0.2) is 50.2 Å². The molecule has 0 bridgehead atoms. The third-order valence-electron chi connectivity index (χ3n) is 4.55. The molecular formula is C21H27ClN2O3S. The maximum absolute atomic E-state index is 11.8. The number of benzene rings is 1. The van der Waals surface area contributed by atoms with E-state index in [2.05, 4.69) is 48.5 Å². The van der Waals surface area contributed by atoms with Crippen molar-refractivity contribution in [3.05, 3.63) is 52.4 Å². The molecule has 1 unspecified atom stereocenters. The fourth-order valence-electron chi connectivity index (χ4n) is 3.09. The van der Waals surface area contributed by atoms with Gasteiger partial charge in [0.2, 0.25) is 0 Å². The van der Waals surface area contributed by atoms with Crippen LogP contribution in [0.3, 0.4) is 0 Å². The maximum Gasteiger partial charge on any atom is 0.414 e. The molecule has 3 rings (SSSR count). The molecule has 0 radical (unpaired) electrons. The summed E-state index contributed by atoms with van der Waals surface area (Å²) >= 11 is 1.64. The summed E-state index contributed by atoms with van der Waals surface area (Å²) in [6.07, 6.45) is 4.75. The lowest BCUT2D eigenvalue weighted by atomic mass is 9.97. The lowest BCUT2D eigenvalue weighted by Crippen LogP contribution is -2.26. The second kappa shape index (κ2) is 9.96. The Labute approximate surface area is 177 Å². The molecule has 1 aromatic heterocycles. The molecule has 7 heteroatoms. The molecular weight excluding hydrogens is 396 g/mol. The van der Waals surface area contributed by atoms with E-state index in [-0.39, 0.29) is 24.5 Å². The number of hydrogen-bond donors (Lipinski definition) is 0. The molecule has 1 amide bonds. The van der Waals surface area contributed by atoms with E-state index in [0.717, 1.165) is 23.6 Å². The van der Waals surface area contributed by atoms with Crippen molar-refractivity contribution < 1.29 is 14.3 Å². The molecule has 2 aromatic rings. The molecule has 1 atom stereocenters. The Balaban J connectivity index is 0.00000280. The van der Waals surface area contributed by atoms with Crippen molar-refractivity contribution in [2.24, 2.45) is 0 Å². The molecule has 0 saturated carbocycles. The van der Waals surface area contributed by atoms with Gasteiger partial charge < -0.3 is 14.4 Å². The first kappa shape index (κ1) is 22.3. The zero-order valence-corrected chi connectivity index (χ0v) is 18.3. The molecule has 2 heterocycles. The van der Waals surface area contributed by atoms with Gasteiger partial charge in [-0.3, -0.25) is 4.90 Å². The predicted molar refractivity (Wildman–Crippen MR) is 117 cm³/mol. The van der Waals surface area contributed by atoms with E-state index >= 15 is 0 Å². The van der Waals surface area contributed by atoms with Crippen molar-refractivity contribution in [3.63, 3.8) is 0 Å². The number of hydrogen-bond acceptors (Lipinski definition) is 5. The standard InChI is InChI=1S/C21H26N2O3S.ClH/c1-15-12-20(27-14-15)25-11-9-19-18-8-7-17(26-21(24)22(2)3)13-16(18)6-5-10-23(19)4;/h5-8,12-14,19H,9-11H2,1-4H3;1H. The van der Waals surface area contributed by atoms with Gasteiger partial charge in [0.1, 0.15) is 5.75 Å². The smallest absolute Gasteiger partial charge is 0.414 e. The number of carbonyl (C=O) groups excluding carboxylic acids is 1. The number of aryl methyl sites for hydroxylation is 1. The van der Waals surface area contributed by atoms with Gasteiger partial charge in [-0.2, -0.15) is 0 Å². The normalized spacial score (nSPS) is 15.9. The van der Waals surface area contributed by atoms with Gasteiger partial charge in [0.25, 0.3) is 0 Å². The quantitative estimate of drug-likeness (QED) is 0.679. The van der Waals surface area contributed by atoms with Crippen molar-refractivity contribution >= 4 is 35.9 Å². The number of amides is 1. The van der Waals surface area contributed by atoms with Crippen LogP contribution in [0.2, 0.25) is 0 Å². The van der Waals surface area contributed by atoms with E-state index < -0.39 is 0 Å². The highest BCUT2D eigenvalue weighted by atomic mass is 35.5. The van der Waals surface area contributed by atoms with Crippen LogP contribution in [-0.2, 0) is 0 Å². The van der Waals surface area contributed by atoms with Crippen LogP contribution < -0.4 is 9.47 Å². The maximum atomic E-state index is 11.8. The molecule has 1 aliphatic heterocycles. The summed E-state index contributed by atoms with van der Waals surface area (Å²) in [6.45, 7) is 3.60. The summed E-state index contributed by atoms with van der Waals surface area (Å²) in [5, 5.41) is 3.07. The number of ether oxygens (including phenoxy) is 2. The molecule has 5 nitrogen and oxygen atoms in total. The van der Waals surface area contributed by atoms with Crippen LogP contribution in [0.5, 0.6) is 10.8 Å². The molecule has 0 N–H and O–H groups in total. The number of carbonyl (C=O) groups is 1. The zero-order valence-electron chi connectivity index (χ0n) is 16.7. The minimum atomic E-state index is -0.374. The van der Waals surface area contributed by atoms with Crippen LogP contribution in [0.4, 0.5) is 4.79 Å². The number of nitrogens with zero attached hydrogens (tertiary/aromatic N) is 2. The van der Waals surface area contributed by atoms with Crippen LogP contribution in [0.15, 0.2) is 35.7 Å². The molecule has 0 spiro atoms. The van der Waals surface area contributed by atoms with Gasteiger partial charge >= 0.3 is 6.09 Å². The van der Waals surface area contributed by atoms with Gasteiger partial charge in [0.05, 0.1) is 6.61 Å². The lowest BCUT2D eigenvalue weighted by molar-refractivity contribution is 0.172. The fourth-order valence-corrected chi connectivity index (χ4v) is 3.87. The van der Waals surface area contributed by atoms with Crippen LogP contribution in [0, 0.1) is 6.92 Å². The van der Waals surface area contributed by atoms with Gasteiger partial charge in [-0.1, -0.05) is 18.2 Å². The first-order valence-electron chi connectivity index (χ1n) is 9.02. The summed E-state index contributed by atoms with van der Waals surface area (Å²) in [5.74, 6) is 0.561. The molecule has 1 aromatic carbocycles. The van der Waals surface area contributed by atoms with Crippen LogP contribution in [0.1, 0.15) is 29.2 Å². The van der Waals surface area contributed by atoms with Crippen molar-refractivity contribution in [2.75, 3.05) is 34.3 Å². The minimum absolute atomic E-state index is 0. The second-order valence-corrected chi connectivity index (χ2v) is 7.86. The average Bonchev–Trinajstić information content (AvgIpc) is 2.97. The highest BCUT2D eigenvalue weighted by Gasteiger charge is 2.22. The summed E-state index contributed by atoms with van der Waals surface area (Å²) in [6, 6.07) is 8.17. The number of thiophene rings is 1. The summed E-state index contributed by atoms with van der Waals surface area (Å²) in [4.78, 5) is 15.5. The largest absolute Gasteiger partial charge is 0.484 e. The third kappa shape index (κ3) is 5.50. The summed E-state index contributed by atoms with van der Waals surface area (Å²) < 4.78 is 11.3. The highest BCUT2D eigenvalue weighted by Crippen LogP contribution is 2.33. The Morgan fingerprint density at radius 1 is 1.32 bits per heavy atom. The lowest BCUT2D eigenvalue weighted by Gasteiger charge is -2.27. The van der Waals surface area contributed by atoms with Crippen molar-refractivity contribution in [2.45, 2.75) is 19.4 Å². The Kier molecular flexibility index (Phi) is 7.92. The van der Waals surface area contributed by atoms with Gasteiger partial charge in [0, 0.05) is 33.1 Å². The third-order valence-corrected chi connectivity index (χ3v) is 5.51. The van der Waals surface area contributed by atoms with Gasteiger partial charge in [-0.25, -0.2) is 4.79 Å². The van der Waals surface area contributed by atoms with Crippen molar-refractivity contribution in [1.29, 1.82) is 0 Å². The van der Waals surface area contributed by atoms with Gasteiger partial charge in [-0.05, 0) is 54.2 Å². The summed E-state index contributed by atoms with van der Waals surface area (Å²) in [7, 11) is 5.47. The average molecular weight is 423 g/mol. The number of fused-ring (bicyclic) bond motifs is 1. The predicted octanol–water partition coefficient (Wildman–Crippen LogP) is 5.01. The Morgan fingerprint density at radius 3 is 2.79 bits per heavy atom. The fraction of sp³-hybridized carbons (Fsp3) is 0.381. The molecule has 28 heavy (non-hydrogen) atoms. The SMILES string of the molecule is Cc1csc(OCCC2c3ccc(OC(=O)N(C)C)cc3C=CCN2C)c1.Cl. The van der Waals surface area contributed by atoms with Gasteiger partial charge in [0.15, 0.2) is 5.06 Å². The number of halogens is 1. The van der Waals surface area contributed by atoms with E-state index in [4.69, 9.17) is 9.47 Å². The first-order chi connectivity index (χ1) is 12.9. The minimum Gasteiger partial charge on any atom is -0.484 e. The molecule has 0 fully saturated rings. The Hall–Kier alpha value is -2.02. The molecule has 0 saturated heterocycles. The zero-order chi connectivity index (χ0) is 19.4. The first-order valence-corrected chi connectivity index (χ1v) is 9.90.